The Bertz CT molecular complexity index is 356. The van der Waals surface area contributed by atoms with Crippen molar-refractivity contribution in [3.8, 4) is 0 Å². The fraction of sp³-hybridized carbons (Fsp3) is 0.846. The second-order valence-electron chi connectivity index (χ2n) is 5.74. The van der Waals surface area contributed by atoms with Crippen LogP contribution in [0.1, 0.15) is 26.2 Å². The quantitative estimate of drug-likeness (QED) is 0.803. The zero-order chi connectivity index (χ0) is 13.4. The molecule has 2 rings (SSSR count). The molecular formula is C13H22N2O3. The van der Waals surface area contributed by atoms with E-state index in [1.165, 1.54) is 4.90 Å². The van der Waals surface area contributed by atoms with Crippen LogP contribution >= 0.6 is 0 Å². The van der Waals surface area contributed by atoms with Crippen LogP contribution in [0.15, 0.2) is 0 Å². The molecule has 0 spiro atoms. The van der Waals surface area contributed by atoms with E-state index in [4.69, 9.17) is 0 Å². The lowest BCUT2D eigenvalue weighted by atomic mass is 9.94. The van der Waals surface area contributed by atoms with Crippen molar-refractivity contribution in [2.45, 2.75) is 38.3 Å². The summed E-state index contributed by atoms with van der Waals surface area (Å²) in [5.74, 6) is -0.0903. The van der Waals surface area contributed by atoms with Crippen LogP contribution in [0.2, 0.25) is 0 Å². The number of carbonyl (C=O) groups excluding carboxylic acids is 1. The van der Waals surface area contributed by atoms with E-state index in [1.54, 1.807) is 14.1 Å². The second kappa shape index (κ2) is 4.88. The van der Waals surface area contributed by atoms with Gasteiger partial charge in [-0.05, 0) is 31.6 Å². The summed E-state index contributed by atoms with van der Waals surface area (Å²) in [6.07, 6.45) is 3.22. The van der Waals surface area contributed by atoms with Crippen molar-refractivity contribution in [3.05, 3.63) is 0 Å². The van der Waals surface area contributed by atoms with Gasteiger partial charge in [0, 0.05) is 20.6 Å². The van der Waals surface area contributed by atoms with Gasteiger partial charge >= 0.3 is 5.97 Å². The first-order chi connectivity index (χ1) is 8.43. The first-order valence-electron chi connectivity index (χ1n) is 6.63. The molecule has 1 N–H and O–H groups in total. The summed E-state index contributed by atoms with van der Waals surface area (Å²) in [4.78, 5) is 26.9. The maximum atomic E-state index is 12.0. The van der Waals surface area contributed by atoms with E-state index >= 15 is 0 Å². The molecule has 0 aromatic rings. The molecule has 102 valence electrons. The molecule has 1 aliphatic carbocycles. The minimum absolute atomic E-state index is 0.0128. The number of fused-ring (bicyclic) bond motifs is 1. The minimum Gasteiger partial charge on any atom is -0.480 e. The van der Waals surface area contributed by atoms with Crippen molar-refractivity contribution in [1.29, 1.82) is 0 Å². The summed E-state index contributed by atoms with van der Waals surface area (Å²) >= 11 is 0. The van der Waals surface area contributed by atoms with Crippen LogP contribution in [0.4, 0.5) is 0 Å². The lowest BCUT2D eigenvalue weighted by Crippen LogP contribution is -2.50. The molecule has 18 heavy (non-hydrogen) atoms. The maximum absolute atomic E-state index is 12.0. The van der Waals surface area contributed by atoms with Gasteiger partial charge in [-0.25, -0.2) is 0 Å². The molecule has 1 saturated heterocycles. The molecule has 1 heterocycles. The highest BCUT2D eigenvalue weighted by Gasteiger charge is 2.50. The van der Waals surface area contributed by atoms with Crippen molar-refractivity contribution < 1.29 is 14.7 Å². The van der Waals surface area contributed by atoms with Gasteiger partial charge in [-0.15, -0.1) is 0 Å². The average molecular weight is 254 g/mol. The lowest BCUT2D eigenvalue weighted by Gasteiger charge is -2.30. The van der Waals surface area contributed by atoms with Gasteiger partial charge in [0.2, 0.25) is 5.91 Å². The zero-order valence-electron chi connectivity index (χ0n) is 11.3. The Balaban J connectivity index is 2.17. The number of nitrogens with zero attached hydrogens (tertiary/aromatic N) is 2. The van der Waals surface area contributed by atoms with Gasteiger partial charge in [-0.3, -0.25) is 14.5 Å². The van der Waals surface area contributed by atoms with Gasteiger partial charge in [0.1, 0.15) is 6.04 Å². The Hall–Kier alpha value is -1.10. The van der Waals surface area contributed by atoms with E-state index in [1.807, 2.05) is 11.8 Å². The fourth-order valence-electron chi connectivity index (χ4n) is 3.58. The summed E-state index contributed by atoms with van der Waals surface area (Å²) in [7, 11) is 3.43. The van der Waals surface area contributed by atoms with Crippen molar-refractivity contribution in [1.82, 2.24) is 9.80 Å². The molecule has 1 saturated carbocycles. The molecule has 2 aliphatic rings. The summed E-state index contributed by atoms with van der Waals surface area (Å²) in [6, 6.07) is -0.817. The van der Waals surface area contributed by atoms with Crippen LogP contribution in [-0.4, -0.2) is 59.5 Å². The molecule has 0 aromatic carbocycles. The van der Waals surface area contributed by atoms with Crippen LogP contribution in [0.3, 0.4) is 0 Å². The topological polar surface area (TPSA) is 60.9 Å². The molecule has 0 aromatic heterocycles. The number of likely N-dealkylation sites (tertiary alicyclic amines) is 1. The number of carbonyl (C=O) groups is 2. The van der Waals surface area contributed by atoms with E-state index < -0.39 is 12.0 Å². The molecule has 0 radical (unpaired) electrons. The van der Waals surface area contributed by atoms with Gasteiger partial charge in [0.05, 0.1) is 6.04 Å². The molecule has 4 atom stereocenters. The Labute approximate surface area is 108 Å². The summed E-state index contributed by atoms with van der Waals surface area (Å²) in [6.45, 7) is 2.57. The molecule has 1 amide bonds. The molecule has 2 fully saturated rings. The molecule has 0 bridgehead atoms. The van der Waals surface area contributed by atoms with Crippen molar-refractivity contribution in [2.75, 3.05) is 20.6 Å². The standard InChI is InChI=1S/C13H22N2O3/c1-8(12(16)14(2)3)15-7-9-5-4-6-10(9)11(15)13(17)18/h8-11H,4-7H2,1-3H3,(H,17,18). The van der Waals surface area contributed by atoms with Crippen LogP contribution < -0.4 is 0 Å². The minimum atomic E-state index is -0.775. The van der Waals surface area contributed by atoms with Crippen molar-refractivity contribution in [2.24, 2.45) is 11.8 Å². The summed E-state index contributed by atoms with van der Waals surface area (Å²) in [5, 5.41) is 9.43. The fourth-order valence-corrected chi connectivity index (χ4v) is 3.58. The van der Waals surface area contributed by atoms with E-state index in [0.29, 0.717) is 5.92 Å². The zero-order valence-corrected chi connectivity index (χ0v) is 11.3. The highest BCUT2D eigenvalue weighted by atomic mass is 16.4. The average Bonchev–Trinajstić information content (AvgIpc) is 2.85. The van der Waals surface area contributed by atoms with Crippen LogP contribution in [-0.2, 0) is 9.59 Å². The van der Waals surface area contributed by atoms with Crippen LogP contribution in [0.5, 0.6) is 0 Å². The third-order valence-electron chi connectivity index (χ3n) is 4.47. The Morgan fingerprint density at radius 1 is 1.33 bits per heavy atom. The van der Waals surface area contributed by atoms with Gasteiger partial charge in [-0.2, -0.15) is 0 Å². The Morgan fingerprint density at radius 3 is 2.56 bits per heavy atom. The van der Waals surface area contributed by atoms with Crippen molar-refractivity contribution >= 4 is 11.9 Å². The van der Waals surface area contributed by atoms with Crippen molar-refractivity contribution in [3.63, 3.8) is 0 Å². The van der Waals surface area contributed by atoms with Gasteiger partial charge < -0.3 is 10.0 Å². The smallest absolute Gasteiger partial charge is 0.321 e. The number of hydrogen-bond donors (Lipinski definition) is 1. The number of rotatable bonds is 3. The van der Waals surface area contributed by atoms with E-state index in [0.717, 1.165) is 25.8 Å². The highest BCUT2D eigenvalue weighted by Crippen LogP contribution is 2.43. The first kappa shape index (κ1) is 13.3. The number of amides is 1. The number of carboxylic acid groups (broad SMARTS) is 1. The van der Waals surface area contributed by atoms with E-state index in [2.05, 4.69) is 0 Å². The van der Waals surface area contributed by atoms with Crippen LogP contribution in [0, 0.1) is 11.8 Å². The first-order valence-corrected chi connectivity index (χ1v) is 6.63. The predicted octanol–water partition coefficient (Wildman–Crippen LogP) is 0.648. The molecule has 1 aliphatic heterocycles. The third-order valence-corrected chi connectivity index (χ3v) is 4.47. The maximum Gasteiger partial charge on any atom is 0.321 e. The molecule has 5 nitrogen and oxygen atoms in total. The molecular weight excluding hydrogens is 232 g/mol. The van der Waals surface area contributed by atoms with Gasteiger partial charge in [0.15, 0.2) is 0 Å². The van der Waals surface area contributed by atoms with Gasteiger partial charge in [-0.1, -0.05) is 6.42 Å². The molecule has 5 heteroatoms. The molecule has 4 unspecified atom stereocenters. The predicted molar refractivity (Wildman–Crippen MR) is 67.1 cm³/mol. The summed E-state index contributed by atoms with van der Waals surface area (Å²) < 4.78 is 0. The SMILES string of the molecule is CC(C(=O)N(C)C)N1CC2CCCC2C1C(=O)O. The van der Waals surface area contributed by atoms with Crippen LogP contribution in [0.25, 0.3) is 0 Å². The van der Waals surface area contributed by atoms with E-state index in [9.17, 15) is 14.7 Å². The number of carboxylic acids is 1. The largest absolute Gasteiger partial charge is 0.480 e. The Morgan fingerprint density at radius 2 is 2.00 bits per heavy atom. The Kier molecular flexibility index (Phi) is 3.61. The normalized spacial score (nSPS) is 33.2. The highest BCUT2D eigenvalue weighted by molar-refractivity contribution is 5.82. The number of hydrogen-bond acceptors (Lipinski definition) is 3. The lowest BCUT2D eigenvalue weighted by molar-refractivity contribution is -0.146. The number of likely N-dealkylation sites (N-methyl/N-ethyl adjacent to an activating group) is 1. The second-order valence-corrected chi connectivity index (χ2v) is 5.74. The summed E-state index contributed by atoms with van der Waals surface area (Å²) in [5.41, 5.74) is 0. The van der Waals surface area contributed by atoms with Gasteiger partial charge in [0.25, 0.3) is 0 Å². The third kappa shape index (κ3) is 2.11. The van der Waals surface area contributed by atoms with E-state index in [-0.39, 0.29) is 17.9 Å². The number of aliphatic carboxylic acids is 1. The monoisotopic (exact) mass is 254 g/mol.